The number of nitrogens with one attached hydrogen (secondary N) is 1. The first-order valence-corrected chi connectivity index (χ1v) is 4.12. The molecular formula is C8H11NO5. The van der Waals surface area contributed by atoms with Crippen molar-refractivity contribution in [2.75, 3.05) is 13.2 Å². The van der Waals surface area contributed by atoms with Crippen molar-refractivity contribution in [1.29, 1.82) is 2.86 Å². The van der Waals surface area contributed by atoms with E-state index in [4.69, 9.17) is 14.0 Å². The third-order valence-electron chi connectivity index (χ3n) is 2.35. The van der Waals surface area contributed by atoms with Crippen LogP contribution in [0.3, 0.4) is 0 Å². The van der Waals surface area contributed by atoms with Gasteiger partial charge in [0.1, 0.15) is 1.41 Å². The average Bonchev–Trinajstić information content (AvgIpc) is 2.56. The van der Waals surface area contributed by atoms with Gasteiger partial charge in [0.25, 0.3) is 0 Å². The lowest BCUT2D eigenvalue weighted by Gasteiger charge is -2.26. The van der Waals surface area contributed by atoms with Gasteiger partial charge in [-0.2, -0.15) is 0 Å². The summed E-state index contributed by atoms with van der Waals surface area (Å²) in [7, 11) is 0. The Balaban J connectivity index is 2.44. The number of aliphatic hydroxyl groups excluding tert-OH is 2. The lowest BCUT2D eigenvalue weighted by molar-refractivity contribution is -0.306. The predicted molar refractivity (Wildman–Crippen MR) is 43.7 cm³/mol. The minimum atomic E-state index is -1.54. The van der Waals surface area contributed by atoms with Crippen molar-refractivity contribution in [3.8, 4) is 0 Å². The van der Waals surface area contributed by atoms with Gasteiger partial charge in [0.15, 0.2) is 6.23 Å². The van der Waals surface area contributed by atoms with E-state index in [1.807, 2.05) is 0 Å². The Hall–Kier alpha value is -0.790. The van der Waals surface area contributed by atoms with Crippen LogP contribution in [0, 0.1) is 0 Å². The number of carbonyl (C=O) groups excluding carboxylic acids is 1. The van der Waals surface area contributed by atoms with E-state index in [1.165, 1.54) is 6.92 Å². The molecule has 0 aromatic carbocycles. The van der Waals surface area contributed by atoms with E-state index in [1.54, 1.807) is 0 Å². The van der Waals surface area contributed by atoms with Crippen LogP contribution < -0.4 is 5.31 Å². The van der Waals surface area contributed by atoms with Gasteiger partial charge >= 0.3 is 0 Å². The molecule has 6 heteroatoms. The highest BCUT2D eigenvalue weighted by Crippen LogP contribution is 2.31. The average molecular weight is 204 g/mol. The fourth-order valence-electron chi connectivity index (χ4n) is 1.53. The standard InChI is InChI=1S/C8H11NO5/c1-8-6(12)4(2-10)5(3-11)7(9-8)13-14-8/h7,9-11H,2-3H2,1H3/t7-,8+/m1/s1/i10D,11D/hD. The van der Waals surface area contributed by atoms with Crippen LogP contribution in [-0.4, -0.2) is 44.0 Å². The number of fused-ring (bicyclic) bond motifs is 2. The van der Waals surface area contributed by atoms with Crippen LogP contribution in [0.2, 0.25) is 1.41 Å². The first kappa shape index (κ1) is 6.65. The first-order chi connectivity index (χ1) is 8.06. The Morgan fingerprint density at radius 3 is 3.21 bits per heavy atom. The second-order valence-electron chi connectivity index (χ2n) is 3.27. The van der Waals surface area contributed by atoms with Crippen molar-refractivity contribution in [2.45, 2.75) is 18.9 Å². The highest BCUT2D eigenvalue weighted by Gasteiger charge is 2.51. The van der Waals surface area contributed by atoms with E-state index >= 15 is 0 Å². The second-order valence-corrected chi connectivity index (χ2v) is 3.27. The van der Waals surface area contributed by atoms with Crippen molar-refractivity contribution < 1.29 is 26.2 Å². The minimum absolute atomic E-state index is 0.153. The van der Waals surface area contributed by atoms with Gasteiger partial charge in [-0.05, 0) is 6.92 Å². The van der Waals surface area contributed by atoms with Crippen LogP contribution in [0.25, 0.3) is 0 Å². The first-order valence-electron chi connectivity index (χ1n) is 5.38. The predicted octanol–water partition coefficient (Wildman–Crippen LogP) is -1.56. The molecule has 14 heavy (non-hydrogen) atoms. The van der Waals surface area contributed by atoms with Gasteiger partial charge in [-0.1, -0.05) is 0 Å². The zero-order valence-electron chi connectivity index (χ0n) is 10.5. The molecule has 2 atom stereocenters. The van der Waals surface area contributed by atoms with Gasteiger partial charge in [0.05, 0.1) is 13.2 Å². The molecule has 2 aliphatic rings. The molecule has 0 aliphatic carbocycles. The molecule has 2 heterocycles. The summed E-state index contributed by atoms with van der Waals surface area (Å²) in [5, 5.41) is 9.27. The van der Waals surface area contributed by atoms with Crippen LogP contribution in [-0.2, 0) is 14.6 Å². The molecule has 1 saturated heterocycles. The van der Waals surface area contributed by atoms with Crippen LogP contribution in [0.1, 0.15) is 6.92 Å². The van der Waals surface area contributed by atoms with Gasteiger partial charge in [0.2, 0.25) is 14.4 Å². The van der Waals surface area contributed by atoms with E-state index in [-0.39, 0.29) is 24.4 Å². The maximum Gasteiger partial charge on any atom is 0.216 e. The smallest absolute Gasteiger partial charge is 0.216 e. The molecule has 2 aliphatic heterocycles. The van der Waals surface area contributed by atoms with Crippen molar-refractivity contribution in [2.24, 2.45) is 0 Å². The number of hydrogen-bond donors (Lipinski definition) is 3. The highest BCUT2D eigenvalue weighted by atomic mass is 17.2. The SMILES string of the molecule is [2H]OCC1=C(CO[2H])[C@H]2OO[C@@](C)(C1=O)N2[2H]. The van der Waals surface area contributed by atoms with E-state index in [9.17, 15) is 4.79 Å². The van der Waals surface area contributed by atoms with Gasteiger partial charge in [-0.15, -0.1) is 0 Å². The van der Waals surface area contributed by atoms with E-state index < -0.39 is 17.7 Å². The van der Waals surface area contributed by atoms with E-state index in [0.717, 1.165) is 5.31 Å². The molecule has 0 aromatic rings. The maximum absolute atomic E-state index is 12.1. The zero-order chi connectivity index (χ0) is 12.6. The molecular weight excluding hydrogens is 190 g/mol. The molecule has 0 aromatic heterocycles. The lowest BCUT2D eigenvalue weighted by Crippen LogP contribution is -2.54. The monoisotopic (exact) mass is 204 g/mol. The second kappa shape index (κ2) is 3.11. The third kappa shape index (κ3) is 1.13. The summed E-state index contributed by atoms with van der Waals surface area (Å²) in [4.78, 5) is 21.8. The van der Waals surface area contributed by atoms with Gasteiger partial charge in [0, 0.05) is 11.1 Å². The van der Waals surface area contributed by atoms with Crippen LogP contribution in [0.15, 0.2) is 11.1 Å². The van der Waals surface area contributed by atoms with Crippen LogP contribution >= 0.6 is 0 Å². The minimum Gasteiger partial charge on any atom is -0.392 e. The fraction of sp³-hybridized carbons (Fsp3) is 0.625. The Morgan fingerprint density at radius 1 is 1.71 bits per heavy atom. The van der Waals surface area contributed by atoms with E-state index in [0.29, 0.717) is 0 Å². The molecule has 0 spiro atoms. The largest absolute Gasteiger partial charge is 0.392 e. The van der Waals surface area contributed by atoms with Crippen molar-refractivity contribution in [3.05, 3.63) is 11.1 Å². The summed E-state index contributed by atoms with van der Waals surface area (Å²) in [6.07, 6.45) is -0.923. The molecule has 2 rings (SSSR count). The Bertz CT molecular complexity index is 376. The van der Waals surface area contributed by atoms with Gasteiger partial charge < -0.3 is 10.2 Å². The number of hydrogen-bond acceptors (Lipinski definition) is 6. The van der Waals surface area contributed by atoms with Crippen molar-refractivity contribution in [1.82, 2.24) is 5.31 Å². The summed E-state index contributed by atoms with van der Waals surface area (Å²) >= 11 is 0. The lowest BCUT2D eigenvalue weighted by atomic mass is 9.93. The third-order valence-corrected chi connectivity index (χ3v) is 2.35. The summed E-state index contributed by atoms with van der Waals surface area (Å²) in [5.41, 5.74) is -1.12. The number of ketones is 1. The molecule has 6 nitrogen and oxygen atoms in total. The van der Waals surface area contributed by atoms with Crippen molar-refractivity contribution in [3.63, 3.8) is 0 Å². The van der Waals surface area contributed by atoms with Crippen LogP contribution in [0.4, 0.5) is 0 Å². The van der Waals surface area contributed by atoms with E-state index in [2.05, 4.69) is 10.2 Å². The summed E-state index contributed by atoms with van der Waals surface area (Å²) < 4.78 is 21.1. The summed E-state index contributed by atoms with van der Waals surface area (Å²) in [6.45, 7) is 0.915. The molecule has 1 fully saturated rings. The zero-order valence-corrected chi connectivity index (χ0v) is 7.48. The quantitative estimate of drug-likeness (QED) is 0.480. The molecule has 78 valence electrons. The Kier molecular flexibility index (Phi) is 1.48. The molecule has 0 amide bonds. The van der Waals surface area contributed by atoms with Crippen LogP contribution in [0.5, 0.6) is 0 Å². The maximum atomic E-state index is 12.1. The molecule has 2 bridgehead atoms. The number of Topliss-reactive ketones (excluding diaryl/α,β-unsaturated/α-hetero) is 1. The Labute approximate surface area is 84.5 Å². The molecule has 0 radical (unpaired) electrons. The normalized spacial score (nSPS) is 41.1. The number of rotatable bonds is 4. The number of carbonyl (C=O) groups is 1. The topological polar surface area (TPSA) is 88.0 Å². The van der Waals surface area contributed by atoms with Crippen molar-refractivity contribution >= 4 is 5.78 Å². The molecule has 0 unspecified atom stereocenters. The van der Waals surface area contributed by atoms with Gasteiger partial charge in [-0.25, -0.2) is 15.1 Å². The van der Waals surface area contributed by atoms with Gasteiger partial charge in [-0.3, -0.25) is 4.79 Å². The molecule has 0 saturated carbocycles. The molecule has 3 N–H and O–H groups in total. The Morgan fingerprint density at radius 2 is 2.50 bits per heavy atom. The summed E-state index contributed by atoms with van der Waals surface area (Å²) in [6, 6.07) is 0. The number of aliphatic hydroxyl groups is 2. The summed E-state index contributed by atoms with van der Waals surface area (Å²) in [5.74, 6) is -0.527. The fourth-order valence-corrected chi connectivity index (χ4v) is 1.53. The highest BCUT2D eigenvalue weighted by molar-refractivity contribution is 6.03.